The molecule has 5 nitrogen and oxygen atoms in total. The Labute approximate surface area is 114 Å². The van der Waals surface area contributed by atoms with E-state index in [1.807, 2.05) is 0 Å². The monoisotopic (exact) mass is 281 g/mol. The van der Waals surface area contributed by atoms with Crippen molar-refractivity contribution in [3.05, 3.63) is 29.0 Å². The van der Waals surface area contributed by atoms with Crippen molar-refractivity contribution in [2.75, 3.05) is 31.1 Å². The average Bonchev–Trinajstić information content (AvgIpc) is 2.93. The standard InChI is InChI=1S/C12H13ClFN5/c13-9-7-8(1-2-10(9)14)11-16-12(18-17-11)19-5-3-15-4-6-19/h1-2,7,15H,3-6H2,(H,16,17,18). The normalized spacial score (nSPS) is 15.8. The van der Waals surface area contributed by atoms with Crippen molar-refractivity contribution in [1.82, 2.24) is 20.5 Å². The van der Waals surface area contributed by atoms with E-state index >= 15 is 0 Å². The molecule has 0 amide bonds. The van der Waals surface area contributed by atoms with E-state index in [9.17, 15) is 4.39 Å². The van der Waals surface area contributed by atoms with Gasteiger partial charge in [-0.1, -0.05) is 11.6 Å². The first-order valence-electron chi connectivity index (χ1n) is 6.07. The van der Waals surface area contributed by atoms with Crippen LogP contribution in [0.1, 0.15) is 0 Å². The Morgan fingerprint density at radius 1 is 1.26 bits per heavy atom. The molecule has 2 N–H and O–H groups in total. The molecule has 0 saturated carbocycles. The fourth-order valence-electron chi connectivity index (χ4n) is 2.03. The van der Waals surface area contributed by atoms with Crippen LogP contribution in [0.5, 0.6) is 0 Å². The molecule has 2 heterocycles. The Hall–Kier alpha value is -1.66. The van der Waals surface area contributed by atoms with Crippen LogP contribution in [0.4, 0.5) is 10.3 Å². The summed E-state index contributed by atoms with van der Waals surface area (Å²) in [6.45, 7) is 3.60. The molecule has 0 unspecified atom stereocenters. The van der Waals surface area contributed by atoms with Gasteiger partial charge in [0.25, 0.3) is 0 Å². The molecule has 0 bridgehead atoms. The molecule has 1 aliphatic heterocycles. The van der Waals surface area contributed by atoms with Gasteiger partial charge in [-0.3, -0.25) is 5.10 Å². The summed E-state index contributed by atoms with van der Waals surface area (Å²) < 4.78 is 13.1. The van der Waals surface area contributed by atoms with Crippen molar-refractivity contribution in [3.8, 4) is 11.4 Å². The van der Waals surface area contributed by atoms with Gasteiger partial charge in [-0.05, 0) is 18.2 Å². The Bertz CT molecular complexity index is 579. The topological polar surface area (TPSA) is 56.8 Å². The highest BCUT2D eigenvalue weighted by atomic mass is 35.5. The Morgan fingerprint density at radius 2 is 2.05 bits per heavy atom. The van der Waals surface area contributed by atoms with Crippen molar-refractivity contribution in [2.45, 2.75) is 0 Å². The molecule has 1 aromatic carbocycles. The first-order valence-corrected chi connectivity index (χ1v) is 6.45. The fraction of sp³-hybridized carbons (Fsp3) is 0.333. The Morgan fingerprint density at radius 3 is 2.79 bits per heavy atom. The van der Waals surface area contributed by atoms with Gasteiger partial charge in [-0.25, -0.2) is 4.39 Å². The van der Waals surface area contributed by atoms with Crippen LogP contribution in [-0.4, -0.2) is 41.4 Å². The minimum absolute atomic E-state index is 0.0811. The highest BCUT2D eigenvalue weighted by molar-refractivity contribution is 6.31. The number of H-pyrrole nitrogens is 1. The van der Waals surface area contributed by atoms with E-state index in [-0.39, 0.29) is 5.02 Å². The lowest BCUT2D eigenvalue weighted by Gasteiger charge is -2.25. The van der Waals surface area contributed by atoms with E-state index in [1.165, 1.54) is 6.07 Å². The zero-order chi connectivity index (χ0) is 13.2. The number of nitrogens with zero attached hydrogens (tertiary/aromatic N) is 3. The lowest BCUT2D eigenvalue weighted by molar-refractivity contribution is 0.580. The van der Waals surface area contributed by atoms with E-state index < -0.39 is 5.82 Å². The quantitative estimate of drug-likeness (QED) is 0.879. The van der Waals surface area contributed by atoms with Gasteiger partial charge in [0.2, 0.25) is 5.95 Å². The molecule has 0 radical (unpaired) electrons. The van der Waals surface area contributed by atoms with Gasteiger partial charge < -0.3 is 10.2 Å². The molecule has 100 valence electrons. The smallest absolute Gasteiger partial charge is 0.245 e. The average molecular weight is 282 g/mol. The number of anilines is 1. The van der Waals surface area contributed by atoms with E-state index in [4.69, 9.17) is 11.6 Å². The number of nitrogens with one attached hydrogen (secondary N) is 2. The van der Waals surface area contributed by atoms with Gasteiger partial charge in [-0.15, -0.1) is 5.10 Å². The van der Waals surface area contributed by atoms with Crippen molar-refractivity contribution >= 4 is 17.5 Å². The maximum absolute atomic E-state index is 13.1. The van der Waals surface area contributed by atoms with Crippen LogP contribution >= 0.6 is 11.6 Å². The van der Waals surface area contributed by atoms with E-state index in [2.05, 4.69) is 25.4 Å². The predicted octanol–water partition coefficient (Wildman–Crippen LogP) is 1.67. The Kier molecular flexibility index (Phi) is 3.35. The summed E-state index contributed by atoms with van der Waals surface area (Å²) in [5, 5.41) is 10.4. The highest BCUT2D eigenvalue weighted by Gasteiger charge is 2.15. The van der Waals surface area contributed by atoms with Gasteiger partial charge in [0.15, 0.2) is 5.82 Å². The molecule has 3 rings (SSSR count). The van der Waals surface area contributed by atoms with E-state index in [0.29, 0.717) is 11.8 Å². The summed E-state index contributed by atoms with van der Waals surface area (Å²) in [4.78, 5) is 6.52. The molecular formula is C12H13ClFN5. The molecule has 7 heteroatoms. The number of aromatic amines is 1. The van der Waals surface area contributed by atoms with Crippen LogP contribution in [0, 0.1) is 5.82 Å². The summed E-state index contributed by atoms with van der Waals surface area (Å²) in [5.41, 5.74) is 0.722. The van der Waals surface area contributed by atoms with Crippen LogP contribution in [0.25, 0.3) is 11.4 Å². The van der Waals surface area contributed by atoms with Crippen molar-refractivity contribution in [3.63, 3.8) is 0 Å². The molecule has 1 aliphatic rings. The Balaban J connectivity index is 1.85. The second-order valence-corrected chi connectivity index (χ2v) is 4.76. The number of hydrogen-bond donors (Lipinski definition) is 2. The third-order valence-corrected chi connectivity index (χ3v) is 3.36. The number of piperazine rings is 1. The van der Waals surface area contributed by atoms with Crippen molar-refractivity contribution in [1.29, 1.82) is 0 Å². The minimum atomic E-state index is -0.438. The summed E-state index contributed by atoms with van der Waals surface area (Å²) in [6, 6.07) is 4.49. The summed E-state index contributed by atoms with van der Waals surface area (Å²) in [7, 11) is 0. The number of benzene rings is 1. The first kappa shape index (κ1) is 12.4. The molecule has 0 spiro atoms. The molecule has 1 aromatic heterocycles. The molecule has 2 aromatic rings. The molecule has 1 fully saturated rings. The van der Waals surface area contributed by atoms with Crippen LogP contribution in [0.3, 0.4) is 0 Å². The summed E-state index contributed by atoms with van der Waals surface area (Å²) in [5.74, 6) is 0.819. The second kappa shape index (κ2) is 5.14. The van der Waals surface area contributed by atoms with Crippen LogP contribution in [0.15, 0.2) is 18.2 Å². The van der Waals surface area contributed by atoms with Crippen LogP contribution in [0.2, 0.25) is 5.02 Å². The van der Waals surface area contributed by atoms with Gasteiger partial charge in [0.1, 0.15) is 5.82 Å². The fourth-order valence-corrected chi connectivity index (χ4v) is 2.21. The lowest BCUT2D eigenvalue weighted by atomic mass is 10.2. The molecule has 19 heavy (non-hydrogen) atoms. The lowest BCUT2D eigenvalue weighted by Crippen LogP contribution is -2.44. The third kappa shape index (κ3) is 2.54. The predicted molar refractivity (Wildman–Crippen MR) is 71.9 cm³/mol. The van der Waals surface area contributed by atoms with Crippen molar-refractivity contribution in [2.24, 2.45) is 0 Å². The van der Waals surface area contributed by atoms with E-state index in [1.54, 1.807) is 12.1 Å². The van der Waals surface area contributed by atoms with Crippen molar-refractivity contribution < 1.29 is 4.39 Å². The first-order chi connectivity index (χ1) is 9.24. The van der Waals surface area contributed by atoms with E-state index in [0.717, 1.165) is 31.7 Å². The van der Waals surface area contributed by atoms with Gasteiger partial charge in [0, 0.05) is 31.7 Å². The number of hydrogen-bond acceptors (Lipinski definition) is 4. The SMILES string of the molecule is Fc1ccc(-c2nc(N3CCNCC3)n[nH]2)cc1Cl. The molecule has 0 aliphatic carbocycles. The molecule has 0 atom stereocenters. The van der Waals surface area contributed by atoms with Gasteiger partial charge in [-0.2, -0.15) is 4.98 Å². The van der Waals surface area contributed by atoms with Gasteiger partial charge in [0.05, 0.1) is 5.02 Å². The number of rotatable bonds is 2. The molecule has 1 saturated heterocycles. The molecular weight excluding hydrogens is 269 g/mol. The maximum Gasteiger partial charge on any atom is 0.245 e. The zero-order valence-electron chi connectivity index (χ0n) is 10.2. The summed E-state index contributed by atoms with van der Waals surface area (Å²) >= 11 is 5.76. The largest absolute Gasteiger partial charge is 0.337 e. The highest BCUT2D eigenvalue weighted by Crippen LogP contribution is 2.23. The maximum atomic E-state index is 13.1. The second-order valence-electron chi connectivity index (χ2n) is 4.35. The zero-order valence-corrected chi connectivity index (χ0v) is 10.9. The minimum Gasteiger partial charge on any atom is -0.337 e. The summed E-state index contributed by atoms with van der Waals surface area (Å²) in [6.07, 6.45) is 0. The number of aromatic nitrogens is 3. The third-order valence-electron chi connectivity index (χ3n) is 3.07. The van der Waals surface area contributed by atoms with Gasteiger partial charge >= 0.3 is 0 Å². The number of halogens is 2. The van der Waals surface area contributed by atoms with Crippen LogP contribution < -0.4 is 10.2 Å². The van der Waals surface area contributed by atoms with Crippen LogP contribution in [-0.2, 0) is 0 Å².